The Labute approximate surface area is 183 Å². The van der Waals surface area contributed by atoms with Crippen molar-refractivity contribution in [3.8, 4) is 5.69 Å². The van der Waals surface area contributed by atoms with E-state index in [1.54, 1.807) is 18.3 Å². The predicted molar refractivity (Wildman–Crippen MR) is 120 cm³/mol. The average Bonchev–Trinajstić information content (AvgIpc) is 3.54. The summed E-state index contributed by atoms with van der Waals surface area (Å²) in [6.07, 6.45) is 4.51. The van der Waals surface area contributed by atoms with Crippen LogP contribution in [0.15, 0.2) is 59.5 Å². The van der Waals surface area contributed by atoms with Gasteiger partial charge in [0.15, 0.2) is 0 Å². The molecule has 8 heteroatoms. The first-order valence-electron chi connectivity index (χ1n) is 10.7. The number of halogens is 1. The summed E-state index contributed by atoms with van der Waals surface area (Å²) in [5.41, 5.74) is 3.11. The Bertz CT molecular complexity index is 1350. The van der Waals surface area contributed by atoms with Gasteiger partial charge in [0.1, 0.15) is 17.9 Å². The van der Waals surface area contributed by atoms with Gasteiger partial charge in [-0.3, -0.25) is 9.59 Å². The van der Waals surface area contributed by atoms with Crippen molar-refractivity contribution in [3.05, 3.63) is 82.2 Å². The Balaban J connectivity index is 1.51. The van der Waals surface area contributed by atoms with Gasteiger partial charge in [-0.25, -0.2) is 13.8 Å². The lowest BCUT2D eigenvalue weighted by Gasteiger charge is -2.11. The van der Waals surface area contributed by atoms with Crippen molar-refractivity contribution in [2.24, 2.45) is 0 Å². The summed E-state index contributed by atoms with van der Waals surface area (Å²) in [4.78, 5) is 26.0. The van der Waals surface area contributed by atoms with Crippen molar-refractivity contribution in [3.63, 3.8) is 0 Å². The van der Waals surface area contributed by atoms with Gasteiger partial charge in [0, 0.05) is 17.0 Å². The fourth-order valence-corrected chi connectivity index (χ4v) is 3.80. The van der Waals surface area contributed by atoms with Crippen LogP contribution in [0.3, 0.4) is 0 Å². The number of anilines is 1. The Morgan fingerprint density at radius 2 is 1.84 bits per heavy atom. The first kappa shape index (κ1) is 20.1. The number of amides is 1. The molecule has 0 spiro atoms. The molecule has 1 aliphatic rings. The van der Waals surface area contributed by atoms with E-state index in [4.69, 9.17) is 0 Å². The Hall–Kier alpha value is -3.81. The van der Waals surface area contributed by atoms with E-state index in [1.807, 2.05) is 24.3 Å². The van der Waals surface area contributed by atoms with Crippen LogP contribution in [0.2, 0.25) is 0 Å². The quantitative estimate of drug-likeness (QED) is 0.504. The number of aromatic nitrogens is 4. The summed E-state index contributed by atoms with van der Waals surface area (Å²) < 4.78 is 16.1. The number of rotatable bonds is 6. The van der Waals surface area contributed by atoms with Crippen LogP contribution in [0.5, 0.6) is 0 Å². The van der Waals surface area contributed by atoms with Gasteiger partial charge in [-0.05, 0) is 61.2 Å². The highest BCUT2D eigenvalue weighted by molar-refractivity contribution is 5.90. The fourth-order valence-electron chi connectivity index (χ4n) is 3.80. The molecule has 0 radical (unpaired) electrons. The first-order valence-corrected chi connectivity index (χ1v) is 10.7. The molecule has 0 aliphatic heterocycles. The van der Waals surface area contributed by atoms with Gasteiger partial charge in [0.05, 0.1) is 17.6 Å². The lowest BCUT2D eigenvalue weighted by Crippen LogP contribution is -2.31. The lowest BCUT2D eigenvalue weighted by atomic mass is 10.1. The van der Waals surface area contributed by atoms with Crippen molar-refractivity contribution in [1.29, 1.82) is 0 Å². The van der Waals surface area contributed by atoms with Crippen molar-refractivity contribution >= 4 is 22.5 Å². The summed E-state index contributed by atoms with van der Waals surface area (Å²) in [7, 11) is 0. The van der Waals surface area contributed by atoms with Gasteiger partial charge >= 0.3 is 0 Å². The molecule has 0 saturated heterocycles. The van der Waals surface area contributed by atoms with Gasteiger partial charge in [-0.1, -0.05) is 19.1 Å². The molecule has 2 aromatic heterocycles. The maximum absolute atomic E-state index is 13.4. The molecule has 0 atom stereocenters. The smallest absolute Gasteiger partial charge is 0.293 e. The number of nitrogens with zero attached hydrogens (tertiary/aromatic N) is 4. The first-order chi connectivity index (χ1) is 15.5. The SMILES string of the molecule is CCc1ccc(NC(=O)Cn2nc(C3CC3)c3cnn(-c4ccc(F)cc4)c3c2=O)cc1. The molecule has 2 heterocycles. The van der Waals surface area contributed by atoms with E-state index >= 15 is 0 Å². The van der Waals surface area contributed by atoms with Crippen molar-refractivity contribution in [2.75, 3.05) is 5.32 Å². The Morgan fingerprint density at radius 1 is 1.12 bits per heavy atom. The Morgan fingerprint density at radius 3 is 2.50 bits per heavy atom. The molecule has 2 aromatic carbocycles. The van der Waals surface area contributed by atoms with Gasteiger partial charge in [-0.15, -0.1) is 0 Å². The number of hydrogen-bond acceptors (Lipinski definition) is 4. The third kappa shape index (κ3) is 3.79. The molecule has 32 heavy (non-hydrogen) atoms. The molecule has 1 fully saturated rings. The van der Waals surface area contributed by atoms with E-state index in [-0.39, 0.29) is 24.2 Å². The van der Waals surface area contributed by atoms with Crippen LogP contribution in [0.4, 0.5) is 10.1 Å². The monoisotopic (exact) mass is 431 g/mol. The largest absolute Gasteiger partial charge is 0.324 e. The number of hydrogen-bond donors (Lipinski definition) is 1. The summed E-state index contributed by atoms with van der Waals surface area (Å²) in [5.74, 6) is -0.454. The van der Waals surface area contributed by atoms with E-state index < -0.39 is 5.56 Å². The second kappa shape index (κ2) is 8.03. The minimum absolute atomic E-state index is 0.210. The molecule has 162 valence electrons. The fraction of sp³-hybridized carbons (Fsp3) is 0.250. The maximum Gasteiger partial charge on any atom is 0.293 e. The van der Waals surface area contributed by atoms with Crippen LogP contribution in [0.1, 0.15) is 36.9 Å². The summed E-state index contributed by atoms with van der Waals surface area (Å²) in [6, 6.07) is 13.4. The second-order valence-electron chi connectivity index (χ2n) is 8.02. The highest BCUT2D eigenvalue weighted by Crippen LogP contribution is 2.41. The maximum atomic E-state index is 13.4. The van der Waals surface area contributed by atoms with E-state index in [0.717, 1.165) is 25.0 Å². The minimum atomic E-state index is -0.414. The van der Waals surface area contributed by atoms with Gasteiger partial charge < -0.3 is 5.32 Å². The highest BCUT2D eigenvalue weighted by Gasteiger charge is 2.30. The molecule has 7 nitrogen and oxygen atoms in total. The van der Waals surface area contributed by atoms with Gasteiger partial charge in [-0.2, -0.15) is 10.2 Å². The van der Waals surface area contributed by atoms with Gasteiger partial charge in [0.2, 0.25) is 5.91 Å². The molecule has 4 aromatic rings. The van der Waals surface area contributed by atoms with Crippen LogP contribution in [0, 0.1) is 5.82 Å². The summed E-state index contributed by atoms with van der Waals surface area (Å²) in [5, 5.41) is 12.4. The molecule has 0 unspecified atom stereocenters. The topological polar surface area (TPSA) is 81.8 Å². The van der Waals surface area contributed by atoms with Crippen LogP contribution in [0.25, 0.3) is 16.6 Å². The van der Waals surface area contributed by atoms with Crippen LogP contribution in [-0.2, 0) is 17.8 Å². The second-order valence-corrected chi connectivity index (χ2v) is 8.02. The van der Waals surface area contributed by atoms with E-state index in [0.29, 0.717) is 22.3 Å². The summed E-state index contributed by atoms with van der Waals surface area (Å²) >= 11 is 0. The number of carbonyl (C=O) groups excluding carboxylic acids is 1. The zero-order valence-electron chi connectivity index (χ0n) is 17.6. The normalized spacial score (nSPS) is 13.4. The van der Waals surface area contributed by atoms with E-state index in [2.05, 4.69) is 22.4 Å². The molecule has 1 saturated carbocycles. The third-order valence-corrected chi connectivity index (χ3v) is 5.69. The summed E-state index contributed by atoms with van der Waals surface area (Å²) in [6.45, 7) is 1.86. The molecule has 1 N–H and O–H groups in total. The van der Waals surface area contributed by atoms with Crippen LogP contribution >= 0.6 is 0 Å². The molecule has 5 rings (SSSR count). The van der Waals surface area contributed by atoms with Gasteiger partial charge in [0.25, 0.3) is 5.56 Å². The average molecular weight is 431 g/mol. The van der Waals surface area contributed by atoms with Crippen LogP contribution < -0.4 is 10.9 Å². The zero-order chi connectivity index (χ0) is 22.2. The standard InChI is InChI=1S/C24H22FN5O2/c1-2-15-3-9-18(10-4-15)27-21(31)14-29-24(32)23-20(22(28-29)16-5-6-16)13-26-30(23)19-11-7-17(25)8-12-19/h3-4,7-13,16H,2,5-6,14H2,1H3,(H,27,31). The van der Waals surface area contributed by atoms with E-state index in [9.17, 15) is 14.0 Å². The number of carbonyl (C=O) groups is 1. The third-order valence-electron chi connectivity index (χ3n) is 5.69. The minimum Gasteiger partial charge on any atom is -0.324 e. The number of fused-ring (bicyclic) bond motifs is 1. The lowest BCUT2D eigenvalue weighted by molar-refractivity contribution is -0.117. The molecule has 0 bridgehead atoms. The molecule has 1 aliphatic carbocycles. The van der Waals surface area contributed by atoms with E-state index in [1.165, 1.54) is 27.1 Å². The zero-order valence-corrected chi connectivity index (χ0v) is 17.6. The molecular weight excluding hydrogens is 409 g/mol. The Kier molecular flexibility index (Phi) is 5.05. The van der Waals surface area contributed by atoms with Crippen molar-refractivity contribution < 1.29 is 9.18 Å². The highest BCUT2D eigenvalue weighted by atomic mass is 19.1. The molecule has 1 amide bonds. The van der Waals surface area contributed by atoms with Crippen molar-refractivity contribution in [1.82, 2.24) is 19.6 Å². The predicted octanol–water partition coefficient (Wildman–Crippen LogP) is 3.80. The van der Waals surface area contributed by atoms with Crippen molar-refractivity contribution in [2.45, 2.75) is 38.6 Å². The number of nitrogens with one attached hydrogen (secondary N) is 1. The molecular formula is C24H22FN5O2. The van der Waals surface area contributed by atoms with Crippen LogP contribution in [-0.4, -0.2) is 25.5 Å². The number of aryl methyl sites for hydroxylation is 1. The number of benzene rings is 2.